The third-order valence-electron chi connectivity index (χ3n) is 1.60. The molecule has 1 rings (SSSR count). The molecule has 1 aromatic carbocycles. The lowest BCUT2D eigenvalue weighted by molar-refractivity contribution is 0.122. The average Bonchev–Trinajstić information content (AvgIpc) is 2.25. The van der Waals surface area contributed by atoms with E-state index in [2.05, 4.69) is 10.0 Å². The summed E-state index contributed by atoms with van der Waals surface area (Å²) in [5.74, 6) is 0.652. The molecule has 0 saturated carbocycles. The van der Waals surface area contributed by atoms with Crippen LogP contribution in [0, 0.1) is 0 Å². The Balaban J connectivity index is 2.52. The van der Waals surface area contributed by atoms with E-state index in [9.17, 15) is 0 Å². The van der Waals surface area contributed by atoms with E-state index in [1.807, 2.05) is 18.2 Å². The molecule has 0 aliphatic heterocycles. The van der Waals surface area contributed by atoms with Gasteiger partial charge in [-0.25, -0.2) is 0 Å². The molecular formula is C9H11N3O2. The van der Waals surface area contributed by atoms with Crippen LogP contribution in [0.3, 0.4) is 0 Å². The van der Waals surface area contributed by atoms with Crippen LogP contribution < -0.4 is 4.74 Å². The quantitative estimate of drug-likeness (QED) is 0.439. The summed E-state index contributed by atoms with van der Waals surface area (Å²) < 4.78 is 5.35. The Morgan fingerprint density at radius 1 is 1.43 bits per heavy atom. The van der Waals surface area contributed by atoms with E-state index in [-0.39, 0.29) is 13.2 Å². The molecule has 5 heteroatoms. The summed E-state index contributed by atoms with van der Waals surface area (Å²) in [7, 11) is 0. The maximum Gasteiger partial charge on any atom is 0.127 e. The first-order chi connectivity index (χ1) is 6.86. The lowest BCUT2D eigenvalue weighted by Gasteiger charge is -2.13. The van der Waals surface area contributed by atoms with Gasteiger partial charge in [0.2, 0.25) is 0 Å². The molecule has 1 N–H and O–H groups in total. The molecule has 0 amide bonds. The number of aliphatic hydroxyl groups is 1. The number of hydrogen-bond donors (Lipinski definition) is 1. The average molecular weight is 193 g/mol. The van der Waals surface area contributed by atoms with Crippen molar-refractivity contribution in [2.45, 2.75) is 6.10 Å². The van der Waals surface area contributed by atoms with Crippen molar-refractivity contribution in [1.29, 1.82) is 0 Å². The summed E-state index contributed by atoms with van der Waals surface area (Å²) in [4.78, 5) is 2.60. The van der Waals surface area contributed by atoms with Gasteiger partial charge < -0.3 is 9.84 Å². The molecule has 0 bridgehead atoms. The Bertz CT molecular complexity index is 309. The monoisotopic (exact) mass is 193 g/mol. The molecule has 1 aromatic rings. The Morgan fingerprint density at radius 2 is 2.14 bits per heavy atom. The highest BCUT2D eigenvalue weighted by atomic mass is 16.5. The van der Waals surface area contributed by atoms with Gasteiger partial charge in [-0.05, 0) is 17.7 Å². The normalized spacial score (nSPS) is 11.5. The van der Waals surface area contributed by atoms with Crippen LogP contribution in [-0.4, -0.2) is 24.4 Å². The van der Waals surface area contributed by atoms with E-state index in [1.165, 1.54) is 0 Å². The van der Waals surface area contributed by atoms with Crippen LogP contribution >= 0.6 is 0 Å². The van der Waals surface area contributed by atoms with Crippen molar-refractivity contribution in [2.75, 3.05) is 13.2 Å². The van der Waals surface area contributed by atoms with Gasteiger partial charge in [0, 0.05) is 4.91 Å². The van der Waals surface area contributed by atoms with Crippen molar-refractivity contribution < 1.29 is 9.84 Å². The largest absolute Gasteiger partial charge is 0.488 e. The van der Waals surface area contributed by atoms with E-state index in [1.54, 1.807) is 12.1 Å². The molecular weight excluding hydrogens is 182 g/mol. The van der Waals surface area contributed by atoms with Gasteiger partial charge in [0.1, 0.15) is 11.9 Å². The van der Waals surface area contributed by atoms with Crippen molar-refractivity contribution >= 4 is 0 Å². The Labute approximate surface area is 81.6 Å². The minimum atomic E-state index is -0.478. The number of ether oxygens (including phenoxy) is 1. The van der Waals surface area contributed by atoms with E-state index in [0.717, 1.165) is 0 Å². The van der Waals surface area contributed by atoms with Crippen molar-refractivity contribution in [2.24, 2.45) is 5.11 Å². The molecule has 1 unspecified atom stereocenters. The minimum Gasteiger partial charge on any atom is -0.488 e. The zero-order valence-electron chi connectivity index (χ0n) is 7.58. The van der Waals surface area contributed by atoms with Gasteiger partial charge in [-0.3, -0.25) is 0 Å². The molecule has 1 atom stereocenters. The molecule has 0 aromatic heterocycles. The zero-order chi connectivity index (χ0) is 10.2. The fourth-order valence-corrected chi connectivity index (χ4v) is 0.951. The summed E-state index contributed by atoms with van der Waals surface area (Å²) in [6.45, 7) is -0.0458. The second-order valence-corrected chi connectivity index (χ2v) is 2.65. The number of aliphatic hydroxyl groups excluding tert-OH is 1. The van der Waals surface area contributed by atoms with Crippen LogP contribution in [0.25, 0.3) is 10.4 Å². The lowest BCUT2D eigenvalue weighted by Crippen LogP contribution is -2.24. The molecule has 74 valence electrons. The van der Waals surface area contributed by atoms with Gasteiger partial charge in [0.15, 0.2) is 0 Å². The molecule has 14 heavy (non-hydrogen) atoms. The number of hydrogen-bond acceptors (Lipinski definition) is 3. The van der Waals surface area contributed by atoms with Gasteiger partial charge in [-0.15, -0.1) is 0 Å². The smallest absolute Gasteiger partial charge is 0.127 e. The van der Waals surface area contributed by atoms with E-state index < -0.39 is 6.10 Å². The topological polar surface area (TPSA) is 78.2 Å². The second kappa shape index (κ2) is 5.85. The highest BCUT2D eigenvalue weighted by Gasteiger charge is 2.06. The SMILES string of the molecule is [N-]=[N+]=NCC(CO)Oc1ccccc1. The standard InChI is InChI=1S/C9H11N3O2/c10-12-11-6-9(7-13)14-8-4-2-1-3-5-8/h1-5,9,13H,6-7H2. The van der Waals surface area contributed by atoms with Gasteiger partial charge in [0.25, 0.3) is 0 Å². The maximum absolute atomic E-state index is 8.91. The second-order valence-electron chi connectivity index (χ2n) is 2.65. The molecule has 0 saturated heterocycles. The van der Waals surface area contributed by atoms with E-state index in [4.69, 9.17) is 15.4 Å². The van der Waals surface area contributed by atoms with Crippen LogP contribution in [-0.2, 0) is 0 Å². The molecule has 0 heterocycles. The summed E-state index contributed by atoms with van der Waals surface area (Å²) in [5, 5.41) is 12.2. The van der Waals surface area contributed by atoms with Crippen LogP contribution in [0.2, 0.25) is 0 Å². The lowest BCUT2D eigenvalue weighted by atomic mass is 10.3. The first-order valence-corrected chi connectivity index (χ1v) is 4.20. The number of rotatable bonds is 5. The summed E-state index contributed by atoms with van der Waals surface area (Å²) >= 11 is 0. The van der Waals surface area contributed by atoms with Crippen molar-refractivity contribution in [3.63, 3.8) is 0 Å². The highest BCUT2D eigenvalue weighted by molar-refractivity contribution is 5.21. The van der Waals surface area contributed by atoms with Crippen molar-refractivity contribution in [1.82, 2.24) is 0 Å². The fourth-order valence-electron chi connectivity index (χ4n) is 0.951. The fraction of sp³-hybridized carbons (Fsp3) is 0.333. The van der Waals surface area contributed by atoms with Crippen LogP contribution in [0.15, 0.2) is 35.4 Å². The first kappa shape index (κ1) is 10.4. The zero-order valence-corrected chi connectivity index (χ0v) is 7.58. The third-order valence-corrected chi connectivity index (χ3v) is 1.60. The van der Waals surface area contributed by atoms with Crippen LogP contribution in [0.5, 0.6) is 5.75 Å². The van der Waals surface area contributed by atoms with Gasteiger partial charge in [-0.1, -0.05) is 23.3 Å². The predicted molar refractivity (Wildman–Crippen MR) is 52.0 cm³/mol. The van der Waals surface area contributed by atoms with Gasteiger partial charge in [-0.2, -0.15) is 0 Å². The summed E-state index contributed by atoms with van der Waals surface area (Å²) in [6.07, 6.45) is -0.478. The number of nitrogens with zero attached hydrogens (tertiary/aromatic N) is 3. The number of para-hydroxylation sites is 1. The van der Waals surface area contributed by atoms with Crippen molar-refractivity contribution in [3.8, 4) is 5.75 Å². The van der Waals surface area contributed by atoms with E-state index >= 15 is 0 Å². The molecule has 0 aliphatic carbocycles. The van der Waals surface area contributed by atoms with Gasteiger partial charge in [0.05, 0.1) is 13.2 Å². The van der Waals surface area contributed by atoms with Crippen molar-refractivity contribution in [3.05, 3.63) is 40.8 Å². The Kier molecular flexibility index (Phi) is 4.34. The summed E-state index contributed by atoms with van der Waals surface area (Å²) in [6, 6.07) is 9.08. The Morgan fingerprint density at radius 3 is 2.71 bits per heavy atom. The molecule has 0 fully saturated rings. The number of azide groups is 1. The summed E-state index contributed by atoms with van der Waals surface area (Å²) in [5.41, 5.74) is 8.10. The molecule has 0 aliphatic rings. The highest BCUT2D eigenvalue weighted by Crippen LogP contribution is 2.10. The maximum atomic E-state index is 8.91. The van der Waals surface area contributed by atoms with Crippen LogP contribution in [0.4, 0.5) is 0 Å². The Hall–Kier alpha value is -1.71. The first-order valence-electron chi connectivity index (χ1n) is 4.20. The number of benzene rings is 1. The predicted octanol–water partition coefficient (Wildman–Crippen LogP) is 1.74. The van der Waals surface area contributed by atoms with Gasteiger partial charge >= 0.3 is 0 Å². The van der Waals surface area contributed by atoms with Crippen LogP contribution in [0.1, 0.15) is 0 Å². The molecule has 0 radical (unpaired) electrons. The third kappa shape index (κ3) is 3.35. The van der Waals surface area contributed by atoms with E-state index in [0.29, 0.717) is 5.75 Å². The molecule has 0 spiro atoms. The molecule has 5 nitrogen and oxygen atoms in total. The minimum absolute atomic E-state index is 0.127.